The zero-order valence-corrected chi connectivity index (χ0v) is 16.2. The number of nitrogens with zero attached hydrogens (tertiary/aromatic N) is 3. The minimum Gasteiger partial charge on any atom is -0.345 e. The second-order valence-electron chi connectivity index (χ2n) is 6.91. The Bertz CT molecular complexity index is 939. The maximum atomic E-state index is 12.8. The Kier molecular flexibility index (Phi) is 4.58. The van der Waals surface area contributed by atoms with Gasteiger partial charge in [-0.2, -0.15) is 0 Å². The molecule has 0 spiro atoms. The molecule has 6 nitrogen and oxygen atoms in total. The molecule has 2 aliphatic rings. The lowest BCUT2D eigenvalue weighted by Crippen LogP contribution is -2.50. The maximum Gasteiger partial charge on any atom is 0.204 e. The summed E-state index contributed by atoms with van der Waals surface area (Å²) in [5.41, 5.74) is 0.378. The van der Waals surface area contributed by atoms with E-state index in [2.05, 4.69) is 14.8 Å². The number of aromatic nitrogens is 1. The lowest BCUT2D eigenvalue weighted by Gasteiger charge is -2.37. The molecule has 138 valence electrons. The fourth-order valence-electron chi connectivity index (χ4n) is 3.69. The number of carbonyl (C=O) groups excluding carboxylic acids is 1. The van der Waals surface area contributed by atoms with Crippen LogP contribution in [0.1, 0.15) is 28.1 Å². The highest BCUT2D eigenvalue weighted by atomic mass is 32.2. The number of ketones is 1. The van der Waals surface area contributed by atoms with E-state index in [4.69, 9.17) is 0 Å². The van der Waals surface area contributed by atoms with Crippen molar-refractivity contribution in [1.29, 1.82) is 0 Å². The van der Waals surface area contributed by atoms with E-state index < -0.39 is 9.84 Å². The molecule has 26 heavy (non-hydrogen) atoms. The predicted octanol–water partition coefficient (Wildman–Crippen LogP) is 2.06. The molecule has 1 atom stereocenters. The van der Waals surface area contributed by atoms with E-state index in [1.165, 1.54) is 42.9 Å². The fourth-order valence-corrected chi connectivity index (χ4v) is 5.27. The van der Waals surface area contributed by atoms with E-state index in [9.17, 15) is 13.2 Å². The first-order chi connectivity index (χ1) is 12.4. The zero-order valence-electron chi connectivity index (χ0n) is 14.6. The third-order valence-corrected chi connectivity index (χ3v) is 7.27. The van der Waals surface area contributed by atoms with Crippen LogP contribution in [-0.4, -0.2) is 62.6 Å². The van der Waals surface area contributed by atoms with Crippen LogP contribution in [0.25, 0.3) is 0 Å². The highest BCUT2D eigenvalue weighted by Crippen LogP contribution is 2.29. The number of hydrogen-bond donors (Lipinski definition) is 0. The number of piperazine rings is 1. The smallest absolute Gasteiger partial charge is 0.204 e. The molecule has 1 aromatic heterocycles. The average molecular weight is 392 g/mol. The second kappa shape index (κ2) is 6.75. The second-order valence-corrected chi connectivity index (χ2v) is 9.94. The van der Waals surface area contributed by atoms with E-state index in [1.807, 2.05) is 0 Å². The highest BCUT2D eigenvalue weighted by Gasteiger charge is 2.31. The number of thiazole rings is 1. The van der Waals surface area contributed by atoms with Crippen LogP contribution in [0.2, 0.25) is 0 Å². The lowest BCUT2D eigenvalue weighted by molar-refractivity contribution is 0.104. The standard InChI is InChI=1S/C18H21N3O3S2/c1-26(23,24)15-6-2-4-13(10-15)17(22)16-11-19-18(25-16)21-9-8-20-7-3-5-14(20)12-21/h2,4,6,10-11,14H,3,5,7-9,12H2,1H3/t14-/m1/s1. The van der Waals surface area contributed by atoms with Gasteiger partial charge in [-0.15, -0.1) is 0 Å². The summed E-state index contributed by atoms with van der Waals surface area (Å²) in [6, 6.07) is 6.79. The number of fused-ring (bicyclic) bond motifs is 1. The van der Waals surface area contributed by atoms with Gasteiger partial charge in [-0.1, -0.05) is 23.5 Å². The first kappa shape index (κ1) is 17.6. The number of sulfone groups is 1. The van der Waals surface area contributed by atoms with Crippen molar-refractivity contribution in [3.63, 3.8) is 0 Å². The Morgan fingerprint density at radius 3 is 2.92 bits per heavy atom. The molecule has 2 fully saturated rings. The number of rotatable bonds is 4. The highest BCUT2D eigenvalue weighted by molar-refractivity contribution is 7.90. The van der Waals surface area contributed by atoms with E-state index in [1.54, 1.807) is 18.3 Å². The summed E-state index contributed by atoms with van der Waals surface area (Å²) in [6.07, 6.45) is 5.24. The third-order valence-electron chi connectivity index (χ3n) is 5.10. The van der Waals surface area contributed by atoms with Crippen molar-refractivity contribution in [2.75, 3.05) is 37.3 Å². The Morgan fingerprint density at radius 2 is 2.12 bits per heavy atom. The van der Waals surface area contributed by atoms with Gasteiger partial charge in [0, 0.05) is 37.5 Å². The minimum atomic E-state index is -3.34. The molecule has 2 saturated heterocycles. The normalized spacial score (nSPS) is 21.0. The molecule has 0 N–H and O–H groups in total. The molecule has 0 unspecified atom stereocenters. The topological polar surface area (TPSA) is 70.6 Å². The first-order valence-electron chi connectivity index (χ1n) is 8.71. The lowest BCUT2D eigenvalue weighted by atomic mass is 10.1. The summed E-state index contributed by atoms with van der Waals surface area (Å²) < 4.78 is 23.4. The third kappa shape index (κ3) is 3.41. The van der Waals surface area contributed by atoms with Crippen LogP contribution >= 0.6 is 11.3 Å². The summed E-state index contributed by atoms with van der Waals surface area (Å²) in [5, 5.41) is 0.874. The number of anilines is 1. The molecule has 2 aliphatic heterocycles. The van der Waals surface area contributed by atoms with Gasteiger partial charge in [-0.25, -0.2) is 13.4 Å². The molecule has 0 radical (unpaired) electrons. The van der Waals surface area contributed by atoms with Crippen LogP contribution in [0.3, 0.4) is 0 Å². The van der Waals surface area contributed by atoms with Gasteiger partial charge in [0.2, 0.25) is 5.78 Å². The number of benzene rings is 1. The Balaban J connectivity index is 1.54. The molecule has 2 aromatic rings. The number of hydrogen-bond acceptors (Lipinski definition) is 7. The van der Waals surface area contributed by atoms with Crippen LogP contribution in [-0.2, 0) is 9.84 Å². The van der Waals surface area contributed by atoms with Crippen molar-refractivity contribution in [3.05, 3.63) is 40.9 Å². The number of carbonyl (C=O) groups is 1. The monoisotopic (exact) mass is 391 g/mol. The molecular weight excluding hydrogens is 370 g/mol. The quantitative estimate of drug-likeness (QED) is 0.743. The molecule has 4 rings (SSSR count). The average Bonchev–Trinajstić information content (AvgIpc) is 3.29. The molecule has 0 aliphatic carbocycles. The van der Waals surface area contributed by atoms with Crippen molar-refractivity contribution >= 4 is 32.1 Å². The van der Waals surface area contributed by atoms with Crippen LogP contribution in [0.4, 0.5) is 5.13 Å². The van der Waals surface area contributed by atoms with Gasteiger partial charge in [-0.05, 0) is 31.5 Å². The SMILES string of the molecule is CS(=O)(=O)c1cccc(C(=O)c2cnc(N3CCN4CCC[C@@H]4C3)s2)c1. The molecule has 0 amide bonds. The van der Waals surface area contributed by atoms with Crippen LogP contribution in [0.15, 0.2) is 35.4 Å². The van der Waals surface area contributed by atoms with Crippen LogP contribution in [0, 0.1) is 0 Å². The maximum absolute atomic E-state index is 12.8. The summed E-state index contributed by atoms with van der Waals surface area (Å²) in [7, 11) is -3.34. The van der Waals surface area contributed by atoms with E-state index in [0.29, 0.717) is 16.5 Å². The first-order valence-corrected chi connectivity index (χ1v) is 11.4. The van der Waals surface area contributed by atoms with Crippen molar-refractivity contribution in [1.82, 2.24) is 9.88 Å². The summed E-state index contributed by atoms with van der Waals surface area (Å²) >= 11 is 1.39. The van der Waals surface area contributed by atoms with Gasteiger partial charge in [0.05, 0.1) is 16.0 Å². The van der Waals surface area contributed by atoms with Gasteiger partial charge in [0.1, 0.15) is 0 Å². The van der Waals surface area contributed by atoms with E-state index in [0.717, 1.165) is 31.0 Å². The van der Waals surface area contributed by atoms with Gasteiger partial charge < -0.3 is 4.90 Å². The molecule has 0 bridgehead atoms. The molecule has 8 heteroatoms. The van der Waals surface area contributed by atoms with Gasteiger partial charge in [0.15, 0.2) is 15.0 Å². The Morgan fingerprint density at radius 1 is 1.27 bits per heavy atom. The van der Waals surface area contributed by atoms with Gasteiger partial charge >= 0.3 is 0 Å². The molecule has 1 aromatic carbocycles. The van der Waals surface area contributed by atoms with E-state index in [-0.39, 0.29) is 10.7 Å². The van der Waals surface area contributed by atoms with Crippen molar-refractivity contribution < 1.29 is 13.2 Å². The largest absolute Gasteiger partial charge is 0.345 e. The van der Waals surface area contributed by atoms with E-state index >= 15 is 0 Å². The van der Waals surface area contributed by atoms with Gasteiger partial charge in [0.25, 0.3) is 0 Å². The minimum absolute atomic E-state index is 0.158. The van der Waals surface area contributed by atoms with Crippen molar-refractivity contribution in [2.24, 2.45) is 0 Å². The van der Waals surface area contributed by atoms with Crippen LogP contribution in [0.5, 0.6) is 0 Å². The van der Waals surface area contributed by atoms with Gasteiger partial charge in [-0.3, -0.25) is 9.69 Å². The fraction of sp³-hybridized carbons (Fsp3) is 0.444. The zero-order chi connectivity index (χ0) is 18.3. The summed E-state index contributed by atoms with van der Waals surface area (Å²) in [6.45, 7) is 4.13. The van der Waals surface area contributed by atoms with Crippen molar-refractivity contribution in [2.45, 2.75) is 23.8 Å². The Labute approximate surface area is 157 Å². The molecular formula is C18H21N3O3S2. The predicted molar refractivity (Wildman–Crippen MR) is 102 cm³/mol. The van der Waals surface area contributed by atoms with Crippen molar-refractivity contribution in [3.8, 4) is 0 Å². The summed E-state index contributed by atoms with van der Waals surface area (Å²) in [4.78, 5) is 22.7. The molecule has 0 saturated carbocycles. The van der Waals surface area contributed by atoms with Crippen LogP contribution < -0.4 is 4.90 Å². The summed E-state index contributed by atoms with van der Waals surface area (Å²) in [5.74, 6) is -0.182. The molecule has 3 heterocycles. The Hall–Kier alpha value is -1.77.